The summed E-state index contributed by atoms with van der Waals surface area (Å²) >= 11 is 0. The fourth-order valence-corrected chi connectivity index (χ4v) is 1.30. The minimum atomic E-state index is -0.0877. The zero-order chi connectivity index (χ0) is 9.40. The Morgan fingerprint density at radius 3 is 2.50 bits per heavy atom. The van der Waals surface area contributed by atoms with Crippen LogP contribution in [0, 0.1) is 5.92 Å². The smallest absolute Gasteiger partial charge is 0.0542 e. The third-order valence-corrected chi connectivity index (χ3v) is 1.89. The first-order chi connectivity index (χ1) is 5.66. The van der Waals surface area contributed by atoms with Gasteiger partial charge in [-0.05, 0) is 38.5 Å². The van der Waals surface area contributed by atoms with Crippen molar-refractivity contribution in [3.8, 4) is 0 Å². The maximum absolute atomic E-state index is 9.49. The van der Waals surface area contributed by atoms with Crippen LogP contribution in [-0.2, 0) is 0 Å². The van der Waals surface area contributed by atoms with Crippen molar-refractivity contribution in [2.75, 3.05) is 0 Å². The van der Waals surface area contributed by atoms with Crippen LogP contribution in [0.3, 0.4) is 0 Å². The summed E-state index contributed by atoms with van der Waals surface area (Å²) in [6, 6.07) is 0. The molecule has 1 unspecified atom stereocenters. The quantitative estimate of drug-likeness (QED) is 0.479. The van der Waals surface area contributed by atoms with Gasteiger partial charge in [0.2, 0.25) is 0 Å². The van der Waals surface area contributed by atoms with Crippen molar-refractivity contribution in [2.45, 2.75) is 52.6 Å². The lowest BCUT2D eigenvalue weighted by molar-refractivity contribution is 0.137. The lowest BCUT2D eigenvalue weighted by atomic mass is 10.0. The van der Waals surface area contributed by atoms with Gasteiger partial charge in [0.15, 0.2) is 0 Å². The monoisotopic (exact) mass is 170 g/mol. The molecule has 1 N–H and O–H groups in total. The van der Waals surface area contributed by atoms with E-state index in [-0.39, 0.29) is 6.10 Å². The van der Waals surface area contributed by atoms with Gasteiger partial charge in [-0.1, -0.05) is 26.0 Å². The van der Waals surface area contributed by atoms with E-state index in [1.807, 2.05) is 6.92 Å². The van der Waals surface area contributed by atoms with Crippen molar-refractivity contribution < 1.29 is 5.11 Å². The van der Waals surface area contributed by atoms with Gasteiger partial charge in [0.25, 0.3) is 0 Å². The second kappa shape index (κ2) is 7.35. The van der Waals surface area contributed by atoms with Gasteiger partial charge >= 0.3 is 0 Å². The van der Waals surface area contributed by atoms with E-state index < -0.39 is 0 Å². The van der Waals surface area contributed by atoms with Gasteiger partial charge in [-0.15, -0.1) is 0 Å². The summed E-state index contributed by atoms with van der Waals surface area (Å²) in [7, 11) is 0. The molecule has 1 nitrogen and oxygen atoms in total. The van der Waals surface area contributed by atoms with E-state index in [1.165, 1.54) is 0 Å². The number of hydrogen-bond donors (Lipinski definition) is 1. The minimum absolute atomic E-state index is 0.0877. The van der Waals surface area contributed by atoms with Crippen molar-refractivity contribution in [1.29, 1.82) is 0 Å². The van der Waals surface area contributed by atoms with E-state index in [0.29, 0.717) is 5.92 Å². The van der Waals surface area contributed by atoms with Crippen LogP contribution in [-0.4, -0.2) is 11.2 Å². The fourth-order valence-electron chi connectivity index (χ4n) is 1.30. The fraction of sp³-hybridized carbons (Fsp3) is 0.818. The van der Waals surface area contributed by atoms with E-state index >= 15 is 0 Å². The van der Waals surface area contributed by atoms with E-state index in [4.69, 9.17) is 0 Å². The molecule has 0 aliphatic heterocycles. The first-order valence-corrected chi connectivity index (χ1v) is 4.96. The zero-order valence-electron chi connectivity index (χ0n) is 8.59. The molecule has 1 atom stereocenters. The second-order valence-corrected chi connectivity index (χ2v) is 3.78. The highest BCUT2D eigenvalue weighted by Gasteiger charge is 2.05. The molecule has 12 heavy (non-hydrogen) atoms. The Balaban J connectivity index is 3.25. The van der Waals surface area contributed by atoms with Crippen LogP contribution in [0.2, 0.25) is 0 Å². The lowest BCUT2D eigenvalue weighted by Crippen LogP contribution is -2.09. The number of allylic oxidation sites excluding steroid dienone is 2. The Morgan fingerprint density at radius 1 is 1.33 bits per heavy atom. The molecule has 0 saturated heterocycles. The average molecular weight is 170 g/mol. The SMILES string of the molecule is CC=CCCCC(O)CC(C)C. The zero-order valence-corrected chi connectivity index (χ0v) is 8.59. The third-order valence-electron chi connectivity index (χ3n) is 1.89. The number of unbranched alkanes of at least 4 members (excludes halogenated alkanes) is 1. The van der Waals surface area contributed by atoms with Gasteiger partial charge in [-0.3, -0.25) is 0 Å². The molecule has 0 amide bonds. The van der Waals surface area contributed by atoms with Crippen molar-refractivity contribution in [2.24, 2.45) is 5.92 Å². The van der Waals surface area contributed by atoms with Crippen LogP contribution in [0.15, 0.2) is 12.2 Å². The third kappa shape index (κ3) is 7.80. The summed E-state index contributed by atoms with van der Waals surface area (Å²) in [4.78, 5) is 0. The standard InChI is InChI=1S/C11H22O/c1-4-5-6-7-8-11(12)9-10(2)3/h4-5,10-12H,6-9H2,1-3H3. The Labute approximate surface area is 76.5 Å². The van der Waals surface area contributed by atoms with Crippen LogP contribution in [0.5, 0.6) is 0 Å². The number of aliphatic hydroxyl groups excluding tert-OH is 1. The van der Waals surface area contributed by atoms with Gasteiger partial charge in [0.05, 0.1) is 6.10 Å². The topological polar surface area (TPSA) is 20.2 Å². The van der Waals surface area contributed by atoms with Gasteiger partial charge in [0.1, 0.15) is 0 Å². The molecule has 0 heterocycles. The predicted molar refractivity (Wildman–Crippen MR) is 54.1 cm³/mol. The van der Waals surface area contributed by atoms with Crippen LogP contribution in [0.1, 0.15) is 46.5 Å². The second-order valence-electron chi connectivity index (χ2n) is 3.78. The highest BCUT2D eigenvalue weighted by molar-refractivity contribution is 4.76. The molecule has 0 saturated carbocycles. The maximum Gasteiger partial charge on any atom is 0.0542 e. The summed E-state index contributed by atoms with van der Waals surface area (Å²) in [5, 5.41) is 9.49. The average Bonchev–Trinajstić information content (AvgIpc) is 1.97. The summed E-state index contributed by atoms with van der Waals surface area (Å²) in [6.45, 7) is 6.33. The summed E-state index contributed by atoms with van der Waals surface area (Å²) in [5.41, 5.74) is 0. The number of aliphatic hydroxyl groups is 1. The largest absolute Gasteiger partial charge is 0.393 e. The molecular formula is C11H22O. The Hall–Kier alpha value is -0.300. The predicted octanol–water partition coefficient (Wildman–Crippen LogP) is 3.14. The summed E-state index contributed by atoms with van der Waals surface area (Å²) in [6.07, 6.45) is 8.23. The maximum atomic E-state index is 9.49. The molecule has 0 radical (unpaired) electrons. The molecule has 72 valence electrons. The summed E-state index contributed by atoms with van der Waals surface area (Å²) < 4.78 is 0. The summed E-state index contributed by atoms with van der Waals surface area (Å²) in [5.74, 6) is 0.613. The molecular weight excluding hydrogens is 148 g/mol. The molecule has 0 rings (SSSR count). The Kier molecular flexibility index (Phi) is 7.17. The molecule has 0 spiro atoms. The molecule has 0 aliphatic rings. The highest BCUT2D eigenvalue weighted by Crippen LogP contribution is 2.10. The molecule has 0 aromatic heterocycles. The molecule has 0 fully saturated rings. The van der Waals surface area contributed by atoms with E-state index in [1.54, 1.807) is 0 Å². The highest BCUT2D eigenvalue weighted by atomic mass is 16.3. The first kappa shape index (κ1) is 11.7. The Bertz CT molecular complexity index is 116. The normalized spacial score (nSPS) is 14.4. The van der Waals surface area contributed by atoms with Crippen molar-refractivity contribution >= 4 is 0 Å². The molecule has 1 heteroatoms. The van der Waals surface area contributed by atoms with Gasteiger partial charge in [-0.2, -0.15) is 0 Å². The number of rotatable bonds is 6. The Morgan fingerprint density at radius 2 is 2.00 bits per heavy atom. The molecule has 0 bridgehead atoms. The van der Waals surface area contributed by atoms with Crippen LogP contribution in [0.4, 0.5) is 0 Å². The molecule has 0 aromatic rings. The van der Waals surface area contributed by atoms with E-state index in [2.05, 4.69) is 26.0 Å². The molecule has 0 aliphatic carbocycles. The van der Waals surface area contributed by atoms with Crippen LogP contribution >= 0.6 is 0 Å². The van der Waals surface area contributed by atoms with Gasteiger partial charge < -0.3 is 5.11 Å². The van der Waals surface area contributed by atoms with Crippen LogP contribution in [0.25, 0.3) is 0 Å². The van der Waals surface area contributed by atoms with Crippen molar-refractivity contribution in [1.82, 2.24) is 0 Å². The van der Waals surface area contributed by atoms with Crippen molar-refractivity contribution in [3.05, 3.63) is 12.2 Å². The van der Waals surface area contributed by atoms with Crippen molar-refractivity contribution in [3.63, 3.8) is 0 Å². The van der Waals surface area contributed by atoms with E-state index in [0.717, 1.165) is 25.7 Å². The van der Waals surface area contributed by atoms with Crippen LogP contribution < -0.4 is 0 Å². The van der Waals surface area contributed by atoms with Gasteiger partial charge in [0, 0.05) is 0 Å². The molecule has 0 aromatic carbocycles. The van der Waals surface area contributed by atoms with E-state index in [9.17, 15) is 5.11 Å². The first-order valence-electron chi connectivity index (χ1n) is 4.96. The number of hydrogen-bond acceptors (Lipinski definition) is 1. The lowest BCUT2D eigenvalue weighted by Gasteiger charge is -2.11. The van der Waals surface area contributed by atoms with Gasteiger partial charge in [-0.25, -0.2) is 0 Å². The minimum Gasteiger partial charge on any atom is -0.393 e.